The summed E-state index contributed by atoms with van der Waals surface area (Å²) in [6, 6.07) is 20.1. The molecule has 0 bridgehead atoms. The van der Waals surface area contributed by atoms with Crippen molar-refractivity contribution < 1.29 is 18.4 Å². The van der Waals surface area contributed by atoms with E-state index in [0.717, 1.165) is 17.5 Å². The maximum absolute atomic E-state index is 12.1. The van der Waals surface area contributed by atoms with Crippen molar-refractivity contribution in [3.63, 3.8) is 0 Å². The third-order valence-electron chi connectivity index (χ3n) is 3.58. The first kappa shape index (κ1) is 17.9. The van der Waals surface area contributed by atoms with Crippen LogP contribution in [0.15, 0.2) is 87.1 Å². The monoisotopic (exact) mass is 393 g/mol. The van der Waals surface area contributed by atoms with Gasteiger partial charge in [0.1, 0.15) is 11.5 Å². The van der Waals surface area contributed by atoms with E-state index in [1.165, 1.54) is 6.26 Å². The van der Waals surface area contributed by atoms with Crippen molar-refractivity contribution >= 4 is 23.4 Å². The van der Waals surface area contributed by atoms with Crippen molar-refractivity contribution in [2.75, 3.05) is 11.1 Å². The Kier molecular flexibility index (Phi) is 5.39. The Labute approximate surface area is 164 Å². The van der Waals surface area contributed by atoms with Crippen LogP contribution < -0.4 is 10.1 Å². The highest BCUT2D eigenvalue weighted by molar-refractivity contribution is 7.99. The minimum Gasteiger partial charge on any atom is -0.459 e. The Hall–Kier alpha value is -3.52. The number of hydrogen-bond acceptors (Lipinski definition) is 7. The summed E-state index contributed by atoms with van der Waals surface area (Å²) in [6.45, 7) is 0. The number of furan rings is 1. The standard InChI is InChI=1S/C20H15N3O4S/c24-18(13-28-20-23-22-19(27-20)17-7-4-12-25-17)21-14-8-10-16(11-9-14)26-15-5-2-1-3-6-15/h1-12H,13H2,(H,21,24). The molecule has 4 rings (SSSR count). The summed E-state index contributed by atoms with van der Waals surface area (Å²) in [5, 5.41) is 10.9. The molecular formula is C20H15N3O4S. The SMILES string of the molecule is O=C(CSc1nnc(-c2ccco2)o1)Nc1ccc(Oc2ccccc2)cc1. The lowest BCUT2D eigenvalue weighted by Crippen LogP contribution is -2.13. The van der Waals surface area contributed by atoms with Crippen molar-refractivity contribution in [2.45, 2.75) is 5.22 Å². The van der Waals surface area contributed by atoms with E-state index >= 15 is 0 Å². The highest BCUT2D eigenvalue weighted by atomic mass is 32.2. The number of carbonyl (C=O) groups is 1. The van der Waals surface area contributed by atoms with Crippen LogP contribution in [0.5, 0.6) is 11.5 Å². The molecule has 1 amide bonds. The fraction of sp³-hybridized carbons (Fsp3) is 0.0500. The Morgan fingerprint density at radius 1 is 0.964 bits per heavy atom. The molecule has 2 heterocycles. The Balaban J connectivity index is 1.28. The summed E-state index contributed by atoms with van der Waals surface area (Å²) in [6.07, 6.45) is 1.52. The van der Waals surface area contributed by atoms with Gasteiger partial charge in [-0.25, -0.2) is 0 Å². The molecule has 140 valence electrons. The van der Waals surface area contributed by atoms with Crippen LogP contribution in [0.3, 0.4) is 0 Å². The van der Waals surface area contributed by atoms with Gasteiger partial charge in [0.2, 0.25) is 5.91 Å². The topological polar surface area (TPSA) is 90.4 Å². The van der Waals surface area contributed by atoms with Crippen LogP contribution >= 0.6 is 11.8 Å². The minimum atomic E-state index is -0.181. The van der Waals surface area contributed by atoms with Gasteiger partial charge in [-0.1, -0.05) is 30.0 Å². The number of hydrogen-bond donors (Lipinski definition) is 1. The lowest BCUT2D eigenvalue weighted by molar-refractivity contribution is -0.113. The summed E-state index contributed by atoms with van der Waals surface area (Å²) in [4.78, 5) is 12.1. The van der Waals surface area contributed by atoms with Crippen LogP contribution in [0.2, 0.25) is 0 Å². The third-order valence-corrected chi connectivity index (χ3v) is 4.40. The van der Waals surface area contributed by atoms with Crippen molar-refractivity contribution in [3.8, 4) is 23.1 Å². The number of amides is 1. The fourth-order valence-electron chi connectivity index (χ4n) is 2.32. The van der Waals surface area contributed by atoms with E-state index in [2.05, 4.69) is 15.5 Å². The number of thioether (sulfide) groups is 1. The second-order valence-electron chi connectivity index (χ2n) is 5.63. The van der Waals surface area contributed by atoms with Gasteiger partial charge in [0.25, 0.3) is 11.1 Å². The van der Waals surface area contributed by atoms with Crippen LogP contribution in [-0.4, -0.2) is 21.9 Å². The van der Waals surface area contributed by atoms with Crippen LogP contribution in [0.25, 0.3) is 11.7 Å². The van der Waals surface area contributed by atoms with Crippen LogP contribution in [0.1, 0.15) is 0 Å². The molecule has 0 fully saturated rings. The zero-order chi connectivity index (χ0) is 19.2. The van der Waals surface area contributed by atoms with Gasteiger partial charge in [-0.05, 0) is 48.5 Å². The van der Waals surface area contributed by atoms with Crippen LogP contribution in [-0.2, 0) is 4.79 Å². The number of rotatable bonds is 7. The number of carbonyl (C=O) groups excluding carboxylic acids is 1. The molecule has 4 aromatic rings. The predicted molar refractivity (Wildman–Crippen MR) is 104 cm³/mol. The second-order valence-corrected chi connectivity index (χ2v) is 6.55. The van der Waals surface area contributed by atoms with Crippen LogP contribution in [0.4, 0.5) is 5.69 Å². The third kappa shape index (κ3) is 4.60. The summed E-state index contributed by atoms with van der Waals surface area (Å²) in [7, 11) is 0. The minimum absolute atomic E-state index is 0.141. The molecule has 0 atom stereocenters. The molecule has 0 unspecified atom stereocenters. The van der Waals surface area contributed by atoms with E-state index in [1.807, 2.05) is 30.3 Å². The van der Waals surface area contributed by atoms with Crippen molar-refractivity contribution in [3.05, 3.63) is 73.0 Å². The zero-order valence-corrected chi connectivity index (χ0v) is 15.4. The molecule has 28 heavy (non-hydrogen) atoms. The largest absolute Gasteiger partial charge is 0.459 e. The molecule has 1 N–H and O–H groups in total. The predicted octanol–water partition coefficient (Wildman–Crippen LogP) is 4.85. The summed E-state index contributed by atoms with van der Waals surface area (Å²) in [5.41, 5.74) is 0.674. The van der Waals surface area contributed by atoms with Gasteiger partial charge in [-0.15, -0.1) is 10.2 Å². The average Bonchev–Trinajstić information content (AvgIpc) is 3.41. The van der Waals surface area contributed by atoms with Crippen molar-refractivity contribution in [1.82, 2.24) is 10.2 Å². The van der Waals surface area contributed by atoms with E-state index in [4.69, 9.17) is 13.6 Å². The number of aromatic nitrogens is 2. The first-order valence-electron chi connectivity index (χ1n) is 8.39. The molecule has 2 aromatic heterocycles. The maximum atomic E-state index is 12.1. The molecule has 0 aliphatic carbocycles. The lowest BCUT2D eigenvalue weighted by Gasteiger charge is -2.07. The number of nitrogens with one attached hydrogen (secondary N) is 1. The fourth-order valence-corrected chi connectivity index (χ4v) is 2.89. The first-order valence-corrected chi connectivity index (χ1v) is 9.38. The molecule has 0 saturated carbocycles. The number of ether oxygens (including phenoxy) is 1. The zero-order valence-electron chi connectivity index (χ0n) is 14.6. The van der Waals surface area contributed by atoms with E-state index < -0.39 is 0 Å². The lowest BCUT2D eigenvalue weighted by atomic mass is 10.3. The van der Waals surface area contributed by atoms with Gasteiger partial charge < -0.3 is 18.9 Å². The van der Waals surface area contributed by atoms with Gasteiger partial charge in [0.15, 0.2) is 5.76 Å². The Morgan fingerprint density at radius 3 is 2.50 bits per heavy atom. The molecule has 0 radical (unpaired) electrons. The summed E-state index contributed by atoms with van der Waals surface area (Å²) >= 11 is 1.15. The molecule has 0 aliphatic rings. The van der Waals surface area contributed by atoms with Crippen molar-refractivity contribution in [2.24, 2.45) is 0 Å². The molecule has 0 spiro atoms. The summed E-state index contributed by atoms with van der Waals surface area (Å²) in [5.74, 6) is 2.17. The number of para-hydroxylation sites is 1. The molecule has 0 aliphatic heterocycles. The Morgan fingerprint density at radius 2 is 1.75 bits per heavy atom. The molecular weight excluding hydrogens is 378 g/mol. The second kappa shape index (κ2) is 8.45. The molecule has 2 aromatic carbocycles. The smallest absolute Gasteiger partial charge is 0.284 e. The molecule has 7 nitrogen and oxygen atoms in total. The van der Waals surface area contributed by atoms with E-state index in [0.29, 0.717) is 22.4 Å². The summed E-state index contributed by atoms with van der Waals surface area (Å²) < 4.78 is 16.4. The van der Waals surface area contributed by atoms with Gasteiger partial charge >= 0.3 is 0 Å². The van der Waals surface area contributed by atoms with E-state index in [1.54, 1.807) is 36.4 Å². The van der Waals surface area contributed by atoms with Crippen molar-refractivity contribution in [1.29, 1.82) is 0 Å². The Bertz CT molecular complexity index is 1030. The van der Waals surface area contributed by atoms with Crippen LogP contribution in [0, 0.1) is 0 Å². The van der Waals surface area contributed by atoms with Gasteiger partial charge in [0.05, 0.1) is 12.0 Å². The van der Waals surface area contributed by atoms with Gasteiger partial charge in [-0.2, -0.15) is 0 Å². The normalized spacial score (nSPS) is 10.6. The maximum Gasteiger partial charge on any atom is 0.284 e. The first-order chi connectivity index (χ1) is 13.8. The number of benzene rings is 2. The van der Waals surface area contributed by atoms with E-state index in [9.17, 15) is 4.79 Å². The number of nitrogens with zero attached hydrogens (tertiary/aromatic N) is 2. The average molecular weight is 393 g/mol. The highest BCUT2D eigenvalue weighted by Gasteiger charge is 2.13. The van der Waals surface area contributed by atoms with Gasteiger partial charge in [-0.3, -0.25) is 4.79 Å². The highest BCUT2D eigenvalue weighted by Crippen LogP contribution is 2.24. The molecule has 8 heteroatoms. The van der Waals surface area contributed by atoms with E-state index in [-0.39, 0.29) is 17.6 Å². The number of anilines is 1. The quantitative estimate of drug-likeness (QED) is 0.449. The van der Waals surface area contributed by atoms with Gasteiger partial charge in [0, 0.05) is 5.69 Å². The molecule has 0 saturated heterocycles.